The molecule has 3 rings (SSSR count). The molecule has 0 spiro atoms. The standard InChI is InChI=1S/C28H42N4O4/c1-28(2,3)36-27(34)30-19-21-13-11-20(12-14-21)18-29-26(33)23-17-25(35-16-8-15-32(4)5)31-24-10-7-6-9-22(23)24/h6-7,9-10,17,20-21H,8,11-16,18-19H2,1-5H3,(H,29,33)(H,30,34). The van der Waals surface area contributed by atoms with Crippen molar-refractivity contribution in [1.29, 1.82) is 0 Å². The molecule has 1 aromatic heterocycles. The predicted octanol–water partition coefficient (Wildman–Crippen LogP) is 4.63. The van der Waals surface area contributed by atoms with E-state index in [0.29, 0.717) is 43.0 Å². The number of rotatable bonds is 10. The van der Waals surface area contributed by atoms with Crippen LogP contribution in [-0.2, 0) is 4.74 Å². The molecule has 2 aromatic rings. The lowest BCUT2D eigenvalue weighted by atomic mass is 9.82. The zero-order chi connectivity index (χ0) is 26.1. The Hall–Kier alpha value is -2.87. The number of carbonyl (C=O) groups excluding carboxylic acids is 2. The van der Waals surface area contributed by atoms with Gasteiger partial charge in [-0.25, -0.2) is 9.78 Å². The summed E-state index contributed by atoms with van der Waals surface area (Å²) in [6.45, 7) is 8.34. The first-order valence-corrected chi connectivity index (χ1v) is 13.0. The van der Waals surface area contributed by atoms with Gasteiger partial charge in [0.15, 0.2) is 0 Å². The number of alkyl carbamates (subject to hydrolysis) is 1. The first-order valence-electron chi connectivity index (χ1n) is 13.0. The van der Waals surface area contributed by atoms with Gasteiger partial charge in [-0.15, -0.1) is 0 Å². The SMILES string of the molecule is CN(C)CCCOc1cc(C(=O)NCC2CCC(CNC(=O)OC(C)(C)C)CC2)c2ccccc2n1. The Morgan fingerprint density at radius 1 is 1.03 bits per heavy atom. The second kappa shape index (κ2) is 12.9. The number of ether oxygens (including phenoxy) is 2. The molecule has 36 heavy (non-hydrogen) atoms. The molecule has 2 amide bonds. The summed E-state index contributed by atoms with van der Waals surface area (Å²) >= 11 is 0. The molecule has 1 aliphatic rings. The lowest BCUT2D eigenvalue weighted by molar-refractivity contribution is 0.0512. The van der Waals surface area contributed by atoms with Crippen LogP contribution in [0.3, 0.4) is 0 Å². The van der Waals surface area contributed by atoms with Gasteiger partial charge in [0.05, 0.1) is 17.7 Å². The van der Waals surface area contributed by atoms with E-state index in [1.807, 2.05) is 59.1 Å². The van der Waals surface area contributed by atoms with Gasteiger partial charge in [0.1, 0.15) is 5.60 Å². The zero-order valence-electron chi connectivity index (χ0n) is 22.4. The fourth-order valence-electron chi connectivity index (χ4n) is 4.48. The van der Waals surface area contributed by atoms with Crippen LogP contribution >= 0.6 is 0 Å². The van der Waals surface area contributed by atoms with Crippen LogP contribution in [0.1, 0.15) is 63.2 Å². The third-order valence-corrected chi connectivity index (χ3v) is 6.39. The minimum atomic E-state index is -0.487. The van der Waals surface area contributed by atoms with Crippen LogP contribution in [0.4, 0.5) is 4.79 Å². The van der Waals surface area contributed by atoms with Gasteiger partial charge >= 0.3 is 6.09 Å². The zero-order valence-corrected chi connectivity index (χ0v) is 22.4. The monoisotopic (exact) mass is 498 g/mol. The van der Waals surface area contributed by atoms with Crippen LogP contribution < -0.4 is 15.4 Å². The topological polar surface area (TPSA) is 92.8 Å². The number of carbonyl (C=O) groups is 2. The number of benzene rings is 1. The van der Waals surface area contributed by atoms with Crippen molar-refractivity contribution in [2.24, 2.45) is 11.8 Å². The molecule has 1 fully saturated rings. The van der Waals surface area contributed by atoms with Gasteiger partial charge in [0, 0.05) is 31.1 Å². The molecule has 0 aliphatic heterocycles. The molecular weight excluding hydrogens is 456 g/mol. The van der Waals surface area contributed by atoms with E-state index in [4.69, 9.17) is 9.47 Å². The summed E-state index contributed by atoms with van der Waals surface area (Å²) in [5.41, 5.74) is 0.864. The first kappa shape index (κ1) is 27.7. The highest BCUT2D eigenvalue weighted by Crippen LogP contribution is 2.28. The van der Waals surface area contributed by atoms with E-state index in [0.717, 1.165) is 49.6 Å². The number of nitrogens with zero attached hydrogens (tertiary/aromatic N) is 2. The average molecular weight is 499 g/mol. The Labute approximate surface area is 215 Å². The fraction of sp³-hybridized carbons (Fsp3) is 0.607. The van der Waals surface area contributed by atoms with Crippen LogP contribution in [0.15, 0.2) is 30.3 Å². The van der Waals surface area contributed by atoms with E-state index >= 15 is 0 Å². The second-order valence-electron chi connectivity index (χ2n) is 11.0. The highest BCUT2D eigenvalue weighted by molar-refractivity contribution is 6.06. The lowest BCUT2D eigenvalue weighted by Crippen LogP contribution is -2.37. The van der Waals surface area contributed by atoms with Crippen LogP contribution in [0.5, 0.6) is 5.88 Å². The summed E-state index contributed by atoms with van der Waals surface area (Å²) in [6, 6.07) is 9.43. The number of amides is 2. The number of fused-ring (bicyclic) bond motifs is 1. The maximum Gasteiger partial charge on any atom is 0.407 e. The van der Waals surface area contributed by atoms with E-state index in [1.54, 1.807) is 6.07 Å². The molecule has 0 atom stereocenters. The van der Waals surface area contributed by atoms with Crippen molar-refractivity contribution >= 4 is 22.9 Å². The molecule has 0 unspecified atom stereocenters. The predicted molar refractivity (Wildman–Crippen MR) is 142 cm³/mol. The molecule has 1 aliphatic carbocycles. The number of para-hydroxylation sites is 1. The maximum atomic E-state index is 13.2. The first-order chi connectivity index (χ1) is 17.1. The highest BCUT2D eigenvalue weighted by Gasteiger charge is 2.24. The molecule has 1 aromatic carbocycles. The third kappa shape index (κ3) is 8.97. The van der Waals surface area contributed by atoms with Crippen molar-refractivity contribution in [1.82, 2.24) is 20.5 Å². The average Bonchev–Trinajstić information content (AvgIpc) is 2.83. The normalized spacial score (nSPS) is 18.2. The van der Waals surface area contributed by atoms with Crippen LogP contribution in [0.2, 0.25) is 0 Å². The van der Waals surface area contributed by atoms with Crippen LogP contribution in [-0.4, -0.2) is 67.8 Å². The van der Waals surface area contributed by atoms with E-state index in [1.165, 1.54) is 0 Å². The minimum absolute atomic E-state index is 0.0968. The fourth-order valence-corrected chi connectivity index (χ4v) is 4.48. The third-order valence-electron chi connectivity index (χ3n) is 6.39. The van der Waals surface area contributed by atoms with Gasteiger partial charge in [0.25, 0.3) is 5.91 Å². The smallest absolute Gasteiger partial charge is 0.407 e. The molecule has 0 bridgehead atoms. The number of hydrogen-bond donors (Lipinski definition) is 2. The Bertz CT molecular complexity index is 1010. The lowest BCUT2D eigenvalue weighted by Gasteiger charge is -2.29. The van der Waals surface area contributed by atoms with E-state index in [2.05, 4.69) is 20.5 Å². The van der Waals surface area contributed by atoms with Crippen molar-refractivity contribution in [3.63, 3.8) is 0 Å². The molecule has 8 nitrogen and oxygen atoms in total. The van der Waals surface area contributed by atoms with Gasteiger partial charge in [-0.3, -0.25) is 4.79 Å². The van der Waals surface area contributed by atoms with Gasteiger partial charge in [-0.1, -0.05) is 18.2 Å². The maximum absolute atomic E-state index is 13.2. The number of pyridine rings is 1. The summed E-state index contributed by atoms with van der Waals surface area (Å²) < 4.78 is 11.2. The Morgan fingerprint density at radius 3 is 2.31 bits per heavy atom. The highest BCUT2D eigenvalue weighted by atomic mass is 16.6. The van der Waals surface area contributed by atoms with E-state index in [9.17, 15) is 9.59 Å². The number of nitrogens with one attached hydrogen (secondary N) is 2. The molecule has 1 saturated carbocycles. The number of aromatic nitrogens is 1. The van der Waals surface area contributed by atoms with Gasteiger partial charge in [-0.05, 0) is 84.9 Å². The van der Waals surface area contributed by atoms with Crippen molar-refractivity contribution in [3.8, 4) is 5.88 Å². The van der Waals surface area contributed by atoms with Gasteiger partial charge in [0.2, 0.25) is 5.88 Å². The summed E-state index contributed by atoms with van der Waals surface area (Å²) in [6.07, 6.45) is 4.64. The molecule has 1 heterocycles. The summed E-state index contributed by atoms with van der Waals surface area (Å²) in [4.78, 5) is 31.8. The van der Waals surface area contributed by atoms with Crippen molar-refractivity contribution < 1.29 is 19.1 Å². The number of hydrogen-bond acceptors (Lipinski definition) is 6. The molecule has 198 valence electrons. The second-order valence-corrected chi connectivity index (χ2v) is 11.0. The van der Waals surface area contributed by atoms with E-state index < -0.39 is 5.60 Å². The largest absolute Gasteiger partial charge is 0.478 e. The molecule has 0 saturated heterocycles. The minimum Gasteiger partial charge on any atom is -0.478 e. The van der Waals surface area contributed by atoms with Crippen LogP contribution in [0.25, 0.3) is 10.9 Å². The molecule has 0 radical (unpaired) electrons. The van der Waals surface area contributed by atoms with Crippen molar-refractivity contribution in [3.05, 3.63) is 35.9 Å². The molecule has 8 heteroatoms. The Kier molecular flexibility index (Phi) is 9.93. The van der Waals surface area contributed by atoms with Crippen LogP contribution in [0, 0.1) is 11.8 Å². The Balaban J connectivity index is 1.50. The summed E-state index contributed by atoms with van der Waals surface area (Å²) in [5.74, 6) is 1.26. The van der Waals surface area contributed by atoms with E-state index in [-0.39, 0.29) is 12.0 Å². The summed E-state index contributed by atoms with van der Waals surface area (Å²) in [7, 11) is 4.06. The molecular formula is C28H42N4O4. The van der Waals surface area contributed by atoms with Gasteiger partial charge in [-0.2, -0.15) is 0 Å². The molecule has 2 N–H and O–H groups in total. The quantitative estimate of drug-likeness (QED) is 0.464. The summed E-state index contributed by atoms with van der Waals surface area (Å²) in [5, 5.41) is 6.86. The Morgan fingerprint density at radius 2 is 1.67 bits per heavy atom. The van der Waals surface area contributed by atoms with Crippen molar-refractivity contribution in [2.75, 3.05) is 40.3 Å². The van der Waals surface area contributed by atoms with Crippen molar-refractivity contribution in [2.45, 2.75) is 58.5 Å². The van der Waals surface area contributed by atoms with Gasteiger partial charge < -0.3 is 25.0 Å².